The molecule has 0 saturated heterocycles. The molecule has 36 heavy (non-hydrogen) atoms. The minimum absolute atomic E-state index is 0.0518. The summed E-state index contributed by atoms with van der Waals surface area (Å²) >= 11 is 0. The highest BCUT2D eigenvalue weighted by Crippen LogP contribution is 2.44. The van der Waals surface area contributed by atoms with Crippen LogP contribution in [0.4, 0.5) is 5.82 Å². The van der Waals surface area contributed by atoms with Gasteiger partial charge in [-0.2, -0.15) is 0 Å². The van der Waals surface area contributed by atoms with E-state index in [1.54, 1.807) is 26.1 Å². The molecule has 0 fully saturated rings. The summed E-state index contributed by atoms with van der Waals surface area (Å²) < 4.78 is 17.7. The number of phenolic OH excluding ortho intramolecular Hbond substituents is 1. The van der Waals surface area contributed by atoms with E-state index in [2.05, 4.69) is 4.98 Å². The van der Waals surface area contributed by atoms with Crippen LogP contribution in [0.2, 0.25) is 0 Å². The van der Waals surface area contributed by atoms with Gasteiger partial charge in [-0.05, 0) is 38.3 Å². The van der Waals surface area contributed by atoms with E-state index in [-0.39, 0.29) is 40.2 Å². The number of nitrogens with zero attached hydrogens (tertiary/aromatic N) is 1. The minimum atomic E-state index is -1.05. The molecule has 3 aromatic rings. The molecular weight excluding hydrogens is 468 g/mol. The second-order valence-corrected chi connectivity index (χ2v) is 8.89. The normalized spacial score (nSPS) is 19.6. The maximum atomic E-state index is 12.7. The molecule has 3 heterocycles. The van der Waals surface area contributed by atoms with Gasteiger partial charge in [0.25, 0.3) is 0 Å². The third kappa shape index (κ3) is 4.77. The Balaban J connectivity index is 1.76. The van der Waals surface area contributed by atoms with Crippen LogP contribution in [-0.4, -0.2) is 44.6 Å². The molecule has 0 radical (unpaired) electrons. The first-order chi connectivity index (χ1) is 17.2. The fourth-order valence-corrected chi connectivity index (χ4v) is 4.29. The molecule has 0 spiro atoms. The Morgan fingerprint density at radius 2 is 2.11 bits per heavy atom. The molecule has 0 amide bonds. The first kappa shape index (κ1) is 25.2. The van der Waals surface area contributed by atoms with Gasteiger partial charge in [0.05, 0.1) is 12.2 Å². The number of aromatic nitrogens is 1. The first-order valence-corrected chi connectivity index (χ1v) is 11.5. The smallest absolute Gasteiger partial charge is 0.336 e. The van der Waals surface area contributed by atoms with Crippen molar-refractivity contribution in [3.05, 3.63) is 69.2 Å². The van der Waals surface area contributed by atoms with Crippen molar-refractivity contribution in [2.24, 2.45) is 0 Å². The maximum absolute atomic E-state index is 12.7. The third-order valence-electron chi connectivity index (χ3n) is 6.47. The van der Waals surface area contributed by atoms with Crippen molar-refractivity contribution >= 4 is 22.8 Å². The van der Waals surface area contributed by atoms with E-state index in [1.807, 2.05) is 6.07 Å². The number of allylic oxidation sites excluding steroid dienone is 1. The minimum Gasteiger partial charge on any atom is -0.507 e. The highest BCUT2D eigenvalue weighted by molar-refractivity contribution is 5.89. The Kier molecular flexibility index (Phi) is 7.00. The number of benzene rings is 1. The third-order valence-corrected chi connectivity index (χ3v) is 6.47. The summed E-state index contributed by atoms with van der Waals surface area (Å²) in [5, 5.41) is 29.8. The fourth-order valence-electron chi connectivity index (χ4n) is 4.29. The van der Waals surface area contributed by atoms with E-state index in [0.29, 0.717) is 24.2 Å². The molecule has 1 aliphatic rings. The first-order valence-electron chi connectivity index (χ1n) is 11.5. The number of hydrogen-bond acceptors (Lipinski definition) is 10. The van der Waals surface area contributed by atoms with Crippen molar-refractivity contribution < 1.29 is 34.0 Å². The molecule has 2 unspecified atom stereocenters. The van der Waals surface area contributed by atoms with Gasteiger partial charge in [0.1, 0.15) is 52.4 Å². The second kappa shape index (κ2) is 10.00. The molecule has 5 N–H and O–H groups in total. The van der Waals surface area contributed by atoms with Gasteiger partial charge in [0.15, 0.2) is 5.43 Å². The Labute approximate surface area is 206 Å². The van der Waals surface area contributed by atoms with Crippen LogP contribution < -0.4 is 15.9 Å². The van der Waals surface area contributed by atoms with E-state index in [0.717, 1.165) is 11.6 Å². The number of phenols is 1. The number of anilines is 1. The van der Waals surface area contributed by atoms with Crippen molar-refractivity contribution in [1.82, 2.24) is 4.98 Å². The fraction of sp³-hybridized carbons (Fsp3) is 0.346. The highest BCUT2D eigenvalue weighted by atomic mass is 16.6. The van der Waals surface area contributed by atoms with E-state index < -0.39 is 36.3 Å². The summed E-state index contributed by atoms with van der Waals surface area (Å²) in [5.74, 6) is -0.314. The van der Waals surface area contributed by atoms with Crippen LogP contribution in [0.3, 0.4) is 0 Å². The molecule has 2 atom stereocenters. The molecule has 2 aromatic heterocycles. The number of pyridine rings is 1. The summed E-state index contributed by atoms with van der Waals surface area (Å²) in [6.07, 6.45) is 3.25. The van der Waals surface area contributed by atoms with Crippen LogP contribution in [0.25, 0.3) is 11.0 Å². The van der Waals surface area contributed by atoms with Crippen LogP contribution in [-0.2, 0) is 29.0 Å². The molecule has 190 valence electrons. The predicted molar refractivity (Wildman–Crippen MR) is 131 cm³/mol. The van der Waals surface area contributed by atoms with E-state index in [4.69, 9.17) is 19.6 Å². The molecule has 10 heteroatoms. The molecule has 0 bridgehead atoms. The number of rotatable bonds is 7. The lowest BCUT2D eigenvalue weighted by molar-refractivity contribution is -0.159. The average Bonchev–Trinajstić information content (AvgIpc) is 2.85. The number of hydrogen-bond donors (Lipinski definition) is 4. The zero-order valence-electron chi connectivity index (χ0n) is 20.0. The van der Waals surface area contributed by atoms with Crippen molar-refractivity contribution in [3.63, 3.8) is 0 Å². The van der Waals surface area contributed by atoms with E-state index in [9.17, 15) is 24.9 Å². The van der Waals surface area contributed by atoms with Crippen molar-refractivity contribution in [1.29, 1.82) is 0 Å². The summed E-state index contributed by atoms with van der Waals surface area (Å²) in [4.78, 5) is 29.4. The van der Waals surface area contributed by atoms with Crippen LogP contribution in [0.5, 0.6) is 11.5 Å². The zero-order chi connectivity index (χ0) is 26.0. The molecular formula is C26H28N2O8. The van der Waals surface area contributed by atoms with Gasteiger partial charge in [-0.15, -0.1) is 0 Å². The van der Waals surface area contributed by atoms with Crippen molar-refractivity contribution in [3.8, 4) is 11.5 Å². The standard InChI is InChI=1S/C26H28N2O8/c1-3-15(12-29)25(33)35-21-9-17-19(10-20-23(24(17)32)18(31)8-16(13-30)34-20)36-26(21,2)7-6-14-4-5-22(27)28-11-14/h3-5,8,10-11,21,29-30,32H,6-7,9,12-13H2,1-2H3,(H2,27,28). The van der Waals surface area contributed by atoms with Crippen LogP contribution in [0, 0.1) is 0 Å². The molecule has 10 nitrogen and oxygen atoms in total. The van der Waals surface area contributed by atoms with Gasteiger partial charge in [0, 0.05) is 30.3 Å². The van der Waals surface area contributed by atoms with Gasteiger partial charge >= 0.3 is 5.97 Å². The average molecular weight is 497 g/mol. The number of nitrogens with two attached hydrogens (primary N) is 1. The molecule has 0 saturated carbocycles. The second-order valence-electron chi connectivity index (χ2n) is 8.89. The predicted octanol–water partition coefficient (Wildman–Crippen LogP) is 2.14. The van der Waals surface area contributed by atoms with Gasteiger partial charge in [-0.3, -0.25) is 4.79 Å². The van der Waals surface area contributed by atoms with E-state index >= 15 is 0 Å². The number of aliphatic hydroxyl groups excluding tert-OH is 2. The lowest BCUT2D eigenvalue weighted by atomic mass is 9.84. The Hall–Kier alpha value is -3.89. The molecule has 1 aliphatic heterocycles. The summed E-state index contributed by atoms with van der Waals surface area (Å²) in [6.45, 7) is 2.43. The Morgan fingerprint density at radius 3 is 2.75 bits per heavy atom. The summed E-state index contributed by atoms with van der Waals surface area (Å²) in [5.41, 5.74) is 5.46. The molecule has 1 aromatic carbocycles. The number of aliphatic hydroxyl groups is 2. The Morgan fingerprint density at radius 1 is 1.33 bits per heavy atom. The number of carbonyl (C=O) groups excluding carboxylic acids is 1. The lowest BCUT2D eigenvalue weighted by Crippen LogP contribution is -2.51. The number of esters is 1. The van der Waals surface area contributed by atoms with Crippen LogP contribution in [0.1, 0.15) is 37.2 Å². The summed E-state index contributed by atoms with van der Waals surface area (Å²) in [6, 6.07) is 6.14. The largest absolute Gasteiger partial charge is 0.507 e. The zero-order valence-corrected chi connectivity index (χ0v) is 20.0. The molecule has 0 aliphatic carbocycles. The van der Waals surface area contributed by atoms with Crippen molar-refractivity contribution in [2.45, 2.75) is 51.4 Å². The monoisotopic (exact) mass is 496 g/mol. The number of nitrogen functional groups attached to an aromatic ring is 1. The number of aromatic hydroxyl groups is 1. The van der Waals surface area contributed by atoms with Gasteiger partial charge in [-0.25, -0.2) is 9.78 Å². The van der Waals surface area contributed by atoms with Gasteiger partial charge in [-0.1, -0.05) is 12.1 Å². The van der Waals surface area contributed by atoms with Crippen LogP contribution in [0.15, 0.2) is 51.3 Å². The summed E-state index contributed by atoms with van der Waals surface area (Å²) in [7, 11) is 0. The van der Waals surface area contributed by atoms with Gasteiger partial charge in [0.2, 0.25) is 0 Å². The lowest BCUT2D eigenvalue weighted by Gasteiger charge is -2.42. The SMILES string of the molecule is CC=C(CO)C(=O)OC1Cc2c(cc3oc(CO)cc(=O)c3c2O)OC1(C)CCc1ccc(N)nc1. The number of aryl methyl sites for hydroxylation is 1. The topological polar surface area (TPSA) is 165 Å². The number of fused-ring (bicyclic) bond motifs is 2. The maximum Gasteiger partial charge on any atom is 0.336 e. The highest BCUT2D eigenvalue weighted by Gasteiger charge is 2.45. The van der Waals surface area contributed by atoms with E-state index in [1.165, 1.54) is 12.1 Å². The Bertz CT molecular complexity index is 1380. The number of carbonyl (C=O) groups is 1. The van der Waals surface area contributed by atoms with Gasteiger partial charge < -0.3 is 34.9 Å². The molecule has 4 rings (SSSR count). The number of ether oxygens (including phenoxy) is 2. The quantitative estimate of drug-likeness (QED) is 0.281. The van der Waals surface area contributed by atoms with Crippen LogP contribution >= 0.6 is 0 Å². The van der Waals surface area contributed by atoms with Crippen molar-refractivity contribution in [2.75, 3.05) is 12.3 Å².